The number of hydrogen-bond acceptors (Lipinski definition) is 1. The average Bonchev–Trinajstić information content (AvgIpc) is 2.47. The summed E-state index contributed by atoms with van der Waals surface area (Å²) < 4.78 is 0. The predicted molar refractivity (Wildman–Crippen MR) is 85.4 cm³/mol. The highest BCUT2D eigenvalue weighted by atomic mass is 35.5. The summed E-state index contributed by atoms with van der Waals surface area (Å²) in [5, 5.41) is 4.67. The van der Waals surface area contributed by atoms with Gasteiger partial charge < -0.3 is 0 Å². The minimum Gasteiger partial charge on any atom is -0.281 e. The molecule has 1 nitrogen and oxygen atoms in total. The van der Waals surface area contributed by atoms with Crippen molar-refractivity contribution in [2.24, 2.45) is 0 Å². The molecule has 0 amide bonds. The molecule has 20 heavy (non-hydrogen) atoms. The van der Waals surface area contributed by atoms with Crippen molar-refractivity contribution in [3.63, 3.8) is 0 Å². The van der Waals surface area contributed by atoms with Gasteiger partial charge in [0.05, 0.1) is 0 Å². The Balaban J connectivity index is 2.37. The van der Waals surface area contributed by atoms with Crippen LogP contribution in [0, 0.1) is 6.92 Å². The van der Waals surface area contributed by atoms with Gasteiger partial charge in [-0.15, -0.1) is 0 Å². The Bertz CT molecular complexity index is 748. The monoisotopic (exact) mass is 282 g/mol. The lowest BCUT2D eigenvalue weighted by molar-refractivity contribution is -0.111. The van der Waals surface area contributed by atoms with Crippen LogP contribution in [0.2, 0.25) is 0 Å². The molecule has 0 bridgehead atoms. The van der Waals surface area contributed by atoms with Gasteiger partial charge in [0.25, 0.3) is 0 Å². The van der Waals surface area contributed by atoms with Gasteiger partial charge in [-0.05, 0) is 57.6 Å². The molecule has 3 aromatic rings. The Morgan fingerprint density at radius 2 is 1.35 bits per heavy atom. The third kappa shape index (κ3) is 2.19. The molecule has 0 fully saturated rings. The first kappa shape index (κ1) is 13.1. The maximum Gasteiger partial charge on any atom is 0.221 e. The zero-order valence-electron chi connectivity index (χ0n) is 11.3. The lowest BCUT2D eigenvalue weighted by Gasteiger charge is -2.14. The first-order chi connectivity index (χ1) is 9.68. The van der Waals surface area contributed by atoms with E-state index in [1.54, 1.807) is 0 Å². The van der Waals surface area contributed by atoms with Crippen molar-refractivity contribution in [2.45, 2.75) is 19.8 Å². The molecule has 100 valence electrons. The van der Waals surface area contributed by atoms with E-state index >= 15 is 0 Å². The average molecular weight is 283 g/mol. The van der Waals surface area contributed by atoms with Crippen LogP contribution in [0.25, 0.3) is 21.5 Å². The van der Waals surface area contributed by atoms with Crippen molar-refractivity contribution in [3.8, 4) is 0 Å². The molecular formula is C18H15ClO. The van der Waals surface area contributed by atoms with Crippen LogP contribution >= 0.6 is 11.6 Å². The molecule has 3 rings (SSSR count). The minimum atomic E-state index is -0.279. The number of benzene rings is 3. The summed E-state index contributed by atoms with van der Waals surface area (Å²) in [4.78, 5) is 11.1. The molecule has 0 atom stereocenters. The van der Waals surface area contributed by atoms with Gasteiger partial charge in [-0.25, -0.2) is 0 Å². The maximum atomic E-state index is 11.1. The number of rotatable bonds is 3. The van der Waals surface area contributed by atoms with Gasteiger partial charge in [0.15, 0.2) is 0 Å². The van der Waals surface area contributed by atoms with E-state index in [-0.39, 0.29) is 5.24 Å². The van der Waals surface area contributed by atoms with Crippen molar-refractivity contribution in [1.82, 2.24) is 0 Å². The summed E-state index contributed by atoms with van der Waals surface area (Å²) in [5.41, 5.74) is 2.51. The van der Waals surface area contributed by atoms with Crippen molar-refractivity contribution in [2.75, 3.05) is 0 Å². The lowest BCUT2D eigenvalue weighted by Crippen LogP contribution is -1.96. The number of halogens is 1. The number of aryl methyl sites for hydroxylation is 2. The summed E-state index contributed by atoms with van der Waals surface area (Å²) in [6.45, 7) is 2.15. The largest absolute Gasteiger partial charge is 0.281 e. The molecular weight excluding hydrogens is 268 g/mol. The third-order valence-corrected chi connectivity index (χ3v) is 4.07. The van der Waals surface area contributed by atoms with E-state index in [9.17, 15) is 4.79 Å². The van der Waals surface area contributed by atoms with Gasteiger partial charge in [-0.3, -0.25) is 4.79 Å². The fourth-order valence-corrected chi connectivity index (χ4v) is 3.02. The van der Waals surface area contributed by atoms with Gasteiger partial charge in [0.1, 0.15) is 0 Å². The third-order valence-electron chi connectivity index (χ3n) is 3.88. The van der Waals surface area contributed by atoms with Crippen molar-refractivity contribution in [3.05, 3.63) is 59.7 Å². The summed E-state index contributed by atoms with van der Waals surface area (Å²) in [7, 11) is 0. The molecule has 0 aliphatic rings. The standard InChI is InChI=1S/C18H15ClO/c1-12-13-6-2-4-8-15(13)17(10-11-18(19)20)16-9-5-3-7-14(12)16/h2-9H,10-11H2,1H3. The van der Waals surface area contributed by atoms with E-state index < -0.39 is 0 Å². The summed E-state index contributed by atoms with van der Waals surface area (Å²) in [6.07, 6.45) is 1.06. The number of fused-ring (bicyclic) bond motifs is 2. The summed E-state index contributed by atoms with van der Waals surface area (Å²) in [5.74, 6) is 0. The molecule has 0 spiro atoms. The summed E-state index contributed by atoms with van der Waals surface area (Å²) >= 11 is 5.52. The normalized spacial score (nSPS) is 11.1. The predicted octanol–water partition coefficient (Wildman–Crippen LogP) is 5.00. The van der Waals surface area contributed by atoms with Gasteiger partial charge in [-0.2, -0.15) is 0 Å². The van der Waals surface area contributed by atoms with Crippen LogP contribution in [0.5, 0.6) is 0 Å². The first-order valence-electron chi connectivity index (χ1n) is 6.75. The molecule has 0 saturated carbocycles. The second-order valence-electron chi connectivity index (χ2n) is 5.05. The SMILES string of the molecule is Cc1c2ccccc2c(CCC(=O)Cl)c2ccccc12. The second-order valence-corrected chi connectivity index (χ2v) is 5.47. The molecule has 0 aliphatic heterocycles. The highest BCUT2D eigenvalue weighted by Crippen LogP contribution is 2.33. The van der Waals surface area contributed by atoms with Crippen LogP contribution in [0.3, 0.4) is 0 Å². The molecule has 0 aliphatic carbocycles. The molecule has 0 unspecified atom stereocenters. The smallest absolute Gasteiger partial charge is 0.221 e. The van der Waals surface area contributed by atoms with E-state index in [1.807, 2.05) is 12.1 Å². The molecule has 0 heterocycles. The molecule has 0 aromatic heterocycles. The van der Waals surface area contributed by atoms with Crippen molar-refractivity contribution >= 4 is 38.4 Å². The van der Waals surface area contributed by atoms with Gasteiger partial charge in [0, 0.05) is 6.42 Å². The van der Waals surface area contributed by atoms with E-state index in [0.717, 1.165) is 0 Å². The first-order valence-corrected chi connectivity index (χ1v) is 7.13. The van der Waals surface area contributed by atoms with Gasteiger partial charge >= 0.3 is 0 Å². The topological polar surface area (TPSA) is 17.1 Å². The zero-order chi connectivity index (χ0) is 14.1. The van der Waals surface area contributed by atoms with Crippen LogP contribution in [-0.4, -0.2) is 5.24 Å². The van der Waals surface area contributed by atoms with Crippen molar-refractivity contribution in [1.29, 1.82) is 0 Å². The van der Waals surface area contributed by atoms with Gasteiger partial charge in [0.2, 0.25) is 5.24 Å². The Morgan fingerprint density at radius 3 is 1.80 bits per heavy atom. The highest BCUT2D eigenvalue weighted by Gasteiger charge is 2.11. The molecule has 0 saturated heterocycles. The second kappa shape index (κ2) is 5.26. The van der Waals surface area contributed by atoms with Crippen molar-refractivity contribution < 1.29 is 4.79 Å². The molecule has 0 radical (unpaired) electrons. The molecule has 0 N–H and O–H groups in total. The van der Waals surface area contributed by atoms with Crippen LogP contribution < -0.4 is 0 Å². The fourth-order valence-electron chi connectivity index (χ4n) is 2.93. The minimum absolute atomic E-state index is 0.279. The zero-order valence-corrected chi connectivity index (χ0v) is 12.1. The Morgan fingerprint density at radius 1 is 0.900 bits per heavy atom. The van der Waals surface area contributed by atoms with E-state index in [1.165, 1.54) is 32.7 Å². The van der Waals surface area contributed by atoms with Crippen LogP contribution in [0.4, 0.5) is 0 Å². The van der Waals surface area contributed by atoms with Crippen LogP contribution in [0.15, 0.2) is 48.5 Å². The fraction of sp³-hybridized carbons (Fsp3) is 0.167. The van der Waals surface area contributed by atoms with E-state index in [4.69, 9.17) is 11.6 Å². The molecule has 3 aromatic carbocycles. The Kier molecular flexibility index (Phi) is 3.45. The Labute approximate surface area is 123 Å². The molecule has 2 heteroatoms. The Hall–Kier alpha value is -1.86. The number of carbonyl (C=O) groups excluding carboxylic acids is 1. The van der Waals surface area contributed by atoms with Crippen LogP contribution in [0.1, 0.15) is 17.5 Å². The summed E-state index contributed by atoms with van der Waals surface area (Å²) in [6, 6.07) is 16.7. The highest BCUT2D eigenvalue weighted by molar-refractivity contribution is 6.63. The van der Waals surface area contributed by atoms with Gasteiger partial charge in [-0.1, -0.05) is 48.5 Å². The number of hydrogen-bond donors (Lipinski definition) is 0. The van der Waals surface area contributed by atoms with E-state index in [2.05, 4.69) is 43.3 Å². The lowest BCUT2D eigenvalue weighted by atomic mass is 9.90. The maximum absolute atomic E-state index is 11.1. The van der Waals surface area contributed by atoms with Crippen LogP contribution in [-0.2, 0) is 11.2 Å². The quantitative estimate of drug-likeness (QED) is 0.488. The van der Waals surface area contributed by atoms with E-state index in [0.29, 0.717) is 12.8 Å². The number of carbonyl (C=O) groups is 1.